The van der Waals surface area contributed by atoms with Gasteiger partial charge in [-0.1, -0.05) is 54.1 Å². The second-order valence-electron chi connectivity index (χ2n) is 8.55. The Bertz CT molecular complexity index is 1040. The fourth-order valence-electron chi connectivity index (χ4n) is 4.33. The van der Waals surface area contributed by atoms with E-state index in [1.54, 1.807) is 4.90 Å². The number of carbonyl (C=O) groups excluding carboxylic acids is 1. The highest BCUT2D eigenvalue weighted by atomic mass is 16.3. The number of carbonyl (C=O) groups is 1. The topological polar surface area (TPSA) is 43.8 Å². The molecule has 1 atom stereocenters. The number of likely N-dealkylation sites (tertiary alicyclic amines) is 1. The van der Waals surface area contributed by atoms with Crippen molar-refractivity contribution in [3.63, 3.8) is 0 Å². The normalized spacial score (nSPS) is 19.3. The van der Waals surface area contributed by atoms with Crippen LogP contribution < -0.4 is 0 Å². The van der Waals surface area contributed by atoms with Gasteiger partial charge in [-0.3, -0.25) is 4.79 Å². The number of likely N-dealkylation sites (N-methyl/N-ethyl adjacent to an activating group) is 1. The molecule has 0 saturated carbocycles. The summed E-state index contributed by atoms with van der Waals surface area (Å²) in [5.74, 6) is -0.0117. The van der Waals surface area contributed by atoms with Crippen molar-refractivity contribution in [2.24, 2.45) is 0 Å². The molecule has 29 heavy (non-hydrogen) atoms. The van der Waals surface area contributed by atoms with Crippen molar-refractivity contribution in [2.75, 3.05) is 33.7 Å². The molecule has 1 unspecified atom stereocenters. The Morgan fingerprint density at radius 2 is 1.86 bits per heavy atom. The minimum absolute atomic E-state index is 0.0117. The number of β-amino-alcohol motifs (C(OH)–C–C–N with tert-alkyl or cyclic N) is 1. The molecule has 1 N–H and O–H groups in total. The number of aryl methyl sites for hydroxylation is 1. The molecular formula is C25H28N2O2. The molecule has 3 aromatic carbocycles. The molecule has 1 amide bonds. The lowest BCUT2D eigenvalue weighted by atomic mass is 9.96. The van der Waals surface area contributed by atoms with Crippen LogP contribution in [0.15, 0.2) is 60.7 Å². The van der Waals surface area contributed by atoms with Crippen molar-refractivity contribution in [3.05, 3.63) is 71.8 Å². The molecule has 0 radical (unpaired) electrons. The summed E-state index contributed by atoms with van der Waals surface area (Å²) in [4.78, 5) is 16.8. The lowest BCUT2D eigenvalue weighted by Gasteiger charge is -2.26. The Labute approximate surface area is 172 Å². The van der Waals surface area contributed by atoms with Gasteiger partial charge in [0.05, 0.1) is 12.1 Å². The van der Waals surface area contributed by atoms with Gasteiger partial charge >= 0.3 is 0 Å². The summed E-state index contributed by atoms with van der Waals surface area (Å²) in [5.41, 5.74) is 3.43. The van der Waals surface area contributed by atoms with Crippen LogP contribution in [-0.2, 0) is 0 Å². The number of aliphatic hydroxyl groups is 1. The smallest absolute Gasteiger partial charge is 0.253 e. The maximum absolute atomic E-state index is 13.1. The summed E-state index contributed by atoms with van der Waals surface area (Å²) in [6, 6.07) is 20.6. The minimum Gasteiger partial charge on any atom is -0.387 e. The Hall–Kier alpha value is -2.69. The highest BCUT2D eigenvalue weighted by Crippen LogP contribution is 2.30. The van der Waals surface area contributed by atoms with Crippen LogP contribution in [-0.4, -0.2) is 60.1 Å². The molecular weight excluding hydrogens is 360 g/mol. The molecule has 0 bridgehead atoms. The van der Waals surface area contributed by atoms with Gasteiger partial charge < -0.3 is 14.9 Å². The molecule has 0 spiro atoms. The van der Waals surface area contributed by atoms with E-state index in [4.69, 9.17) is 0 Å². The second kappa shape index (κ2) is 7.62. The average molecular weight is 389 g/mol. The number of benzene rings is 3. The molecule has 3 aromatic rings. The molecule has 1 fully saturated rings. The number of fused-ring (bicyclic) bond motifs is 1. The zero-order chi connectivity index (χ0) is 20.6. The fourth-order valence-corrected chi connectivity index (χ4v) is 4.33. The summed E-state index contributed by atoms with van der Waals surface area (Å²) in [6.07, 6.45) is 0.613. The van der Waals surface area contributed by atoms with E-state index in [0.717, 1.165) is 10.8 Å². The summed E-state index contributed by atoms with van der Waals surface area (Å²) in [7, 11) is 3.88. The van der Waals surface area contributed by atoms with Gasteiger partial charge in [0.2, 0.25) is 0 Å². The predicted molar refractivity (Wildman–Crippen MR) is 118 cm³/mol. The Morgan fingerprint density at radius 1 is 1.10 bits per heavy atom. The van der Waals surface area contributed by atoms with Crippen LogP contribution in [0.2, 0.25) is 0 Å². The molecule has 4 heteroatoms. The Balaban J connectivity index is 1.61. The Morgan fingerprint density at radius 3 is 2.59 bits per heavy atom. The third-order valence-electron chi connectivity index (χ3n) is 5.72. The first-order chi connectivity index (χ1) is 13.8. The third-order valence-corrected chi connectivity index (χ3v) is 5.72. The standard InChI is InChI=1S/C25H28N2O2/c1-18-7-9-19(10-8-18)22-6-4-5-20-15-21(11-12-23(20)22)24(28)27-14-13-25(29,17-27)16-26(2)3/h4-12,15,29H,13-14,16-17H2,1-3H3. The van der Waals surface area contributed by atoms with E-state index >= 15 is 0 Å². The minimum atomic E-state index is -0.825. The number of nitrogens with zero attached hydrogens (tertiary/aromatic N) is 2. The zero-order valence-electron chi connectivity index (χ0n) is 17.4. The summed E-state index contributed by atoms with van der Waals surface area (Å²) >= 11 is 0. The average Bonchev–Trinajstić information content (AvgIpc) is 3.08. The van der Waals surface area contributed by atoms with Crippen LogP contribution in [0.4, 0.5) is 0 Å². The van der Waals surface area contributed by atoms with E-state index in [1.807, 2.05) is 43.3 Å². The second-order valence-corrected chi connectivity index (χ2v) is 8.55. The molecule has 0 aliphatic carbocycles. The van der Waals surface area contributed by atoms with E-state index in [0.29, 0.717) is 31.6 Å². The number of rotatable bonds is 4. The molecule has 1 heterocycles. The number of hydrogen-bond donors (Lipinski definition) is 1. The van der Waals surface area contributed by atoms with Crippen molar-refractivity contribution < 1.29 is 9.90 Å². The molecule has 1 aliphatic heterocycles. The molecule has 1 aliphatic rings. The third kappa shape index (κ3) is 4.04. The van der Waals surface area contributed by atoms with Gasteiger partial charge in [-0.05, 0) is 61.5 Å². The van der Waals surface area contributed by atoms with Crippen LogP contribution in [0.3, 0.4) is 0 Å². The quantitative estimate of drug-likeness (QED) is 0.736. The lowest BCUT2D eigenvalue weighted by molar-refractivity contribution is 0.0236. The van der Waals surface area contributed by atoms with Crippen molar-refractivity contribution >= 4 is 16.7 Å². The first-order valence-corrected chi connectivity index (χ1v) is 10.1. The van der Waals surface area contributed by atoms with Gasteiger partial charge in [-0.2, -0.15) is 0 Å². The van der Waals surface area contributed by atoms with E-state index in [2.05, 4.69) is 43.3 Å². The first kappa shape index (κ1) is 19.6. The van der Waals surface area contributed by atoms with Crippen LogP contribution in [0.5, 0.6) is 0 Å². The van der Waals surface area contributed by atoms with E-state index in [-0.39, 0.29) is 5.91 Å². The number of amides is 1. The summed E-state index contributed by atoms with van der Waals surface area (Å²) in [6.45, 7) is 3.62. The van der Waals surface area contributed by atoms with Crippen LogP contribution in [0.25, 0.3) is 21.9 Å². The van der Waals surface area contributed by atoms with E-state index in [1.165, 1.54) is 16.7 Å². The van der Waals surface area contributed by atoms with E-state index in [9.17, 15) is 9.90 Å². The maximum atomic E-state index is 13.1. The van der Waals surface area contributed by atoms with Crippen LogP contribution in [0.1, 0.15) is 22.3 Å². The molecule has 0 aromatic heterocycles. The van der Waals surface area contributed by atoms with Gasteiger partial charge in [0.15, 0.2) is 0 Å². The van der Waals surface area contributed by atoms with Gasteiger partial charge in [-0.25, -0.2) is 0 Å². The van der Waals surface area contributed by atoms with Crippen molar-refractivity contribution in [1.82, 2.24) is 9.80 Å². The van der Waals surface area contributed by atoms with Crippen molar-refractivity contribution in [3.8, 4) is 11.1 Å². The largest absolute Gasteiger partial charge is 0.387 e. The first-order valence-electron chi connectivity index (χ1n) is 10.1. The molecule has 4 nitrogen and oxygen atoms in total. The lowest BCUT2D eigenvalue weighted by Crippen LogP contribution is -2.43. The summed E-state index contributed by atoms with van der Waals surface area (Å²) in [5, 5.41) is 12.9. The maximum Gasteiger partial charge on any atom is 0.253 e. The monoisotopic (exact) mass is 388 g/mol. The zero-order valence-corrected chi connectivity index (χ0v) is 17.4. The molecule has 4 rings (SSSR count). The molecule has 1 saturated heterocycles. The predicted octanol–water partition coefficient (Wildman–Crippen LogP) is 3.95. The fraction of sp³-hybridized carbons (Fsp3) is 0.320. The summed E-state index contributed by atoms with van der Waals surface area (Å²) < 4.78 is 0. The Kier molecular flexibility index (Phi) is 5.15. The SMILES string of the molecule is Cc1ccc(-c2cccc3cc(C(=O)N4CCC(O)(CN(C)C)C4)ccc23)cc1. The van der Waals surface area contributed by atoms with Gasteiger partial charge in [0, 0.05) is 18.7 Å². The van der Waals surface area contributed by atoms with Crippen LogP contribution >= 0.6 is 0 Å². The highest BCUT2D eigenvalue weighted by Gasteiger charge is 2.38. The van der Waals surface area contributed by atoms with Gasteiger partial charge in [-0.15, -0.1) is 0 Å². The van der Waals surface area contributed by atoms with Crippen LogP contribution in [0, 0.1) is 6.92 Å². The van der Waals surface area contributed by atoms with E-state index < -0.39 is 5.60 Å². The van der Waals surface area contributed by atoms with Gasteiger partial charge in [0.25, 0.3) is 5.91 Å². The van der Waals surface area contributed by atoms with Crippen molar-refractivity contribution in [1.29, 1.82) is 0 Å². The van der Waals surface area contributed by atoms with Crippen molar-refractivity contribution in [2.45, 2.75) is 18.9 Å². The molecule has 150 valence electrons. The highest BCUT2D eigenvalue weighted by molar-refractivity contribution is 6.02. The van der Waals surface area contributed by atoms with Gasteiger partial charge in [0.1, 0.15) is 0 Å². The number of hydrogen-bond acceptors (Lipinski definition) is 3.